The third kappa shape index (κ3) is 5.30. The van der Waals surface area contributed by atoms with Gasteiger partial charge in [-0.15, -0.1) is 0 Å². The Kier molecular flexibility index (Phi) is 5.83. The van der Waals surface area contributed by atoms with Crippen molar-refractivity contribution in [3.8, 4) is 0 Å². The Labute approximate surface area is 127 Å². The monoisotopic (exact) mass is 281 g/mol. The normalized spacial score (nSPS) is 11.2. The standard InChI is InChI=1S/C18H23N3/c1-15-7-6-10-16(13-15)11-12-20-18(19-2)21-14-17-8-4-3-5-9-17/h3-10,13H,11-12,14H2,1-2H3,(H2,19,20,21). The number of aliphatic imine (C=N–C) groups is 1. The van der Waals surface area contributed by atoms with Crippen LogP contribution in [0.4, 0.5) is 0 Å². The molecule has 0 heterocycles. The van der Waals surface area contributed by atoms with Gasteiger partial charge >= 0.3 is 0 Å². The molecular weight excluding hydrogens is 258 g/mol. The highest BCUT2D eigenvalue weighted by molar-refractivity contribution is 5.79. The predicted octanol–water partition coefficient (Wildman–Crippen LogP) is 2.90. The molecular formula is C18H23N3. The van der Waals surface area contributed by atoms with E-state index in [0.29, 0.717) is 0 Å². The van der Waals surface area contributed by atoms with Gasteiger partial charge in [0.1, 0.15) is 0 Å². The van der Waals surface area contributed by atoms with Crippen LogP contribution < -0.4 is 10.6 Å². The molecule has 110 valence electrons. The van der Waals surface area contributed by atoms with E-state index >= 15 is 0 Å². The average Bonchev–Trinajstić information content (AvgIpc) is 2.52. The van der Waals surface area contributed by atoms with E-state index in [0.717, 1.165) is 25.5 Å². The van der Waals surface area contributed by atoms with Gasteiger partial charge in [-0.3, -0.25) is 4.99 Å². The minimum Gasteiger partial charge on any atom is -0.356 e. The molecule has 0 spiro atoms. The fourth-order valence-corrected chi connectivity index (χ4v) is 2.20. The van der Waals surface area contributed by atoms with Crippen LogP contribution in [-0.4, -0.2) is 19.6 Å². The topological polar surface area (TPSA) is 36.4 Å². The summed E-state index contributed by atoms with van der Waals surface area (Å²) in [5.41, 5.74) is 3.90. The molecule has 3 heteroatoms. The molecule has 3 nitrogen and oxygen atoms in total. The first-order valence-corrected chi connectivity index (χ1v) is 7.32. The molecule has 0 aliphatic carbocycles. The van der Waals surface area contributed by atoms with E-state index < -0.39 is 0 Å². The fraction of sp³-hybridized carbons (Fsp3) is 0.278. The third-order valence-corrected chi connectivity index (χ3v) is 3.31. The van der Waals surface area contributed by atoms with Gasteiger partial charge in [-0.2, -0.15) is 0 Å². The highest BCUT2D eigenvalue weighted by Gasteiger charge is 1.98. The summed E-state index contributed by atoms with van der Waals surface area (Å²) in [6, 6.07) is 18.9. The molecule has 0 fully saturated rings. The second kappa shape index (κ2) is 8.10. The van der Waals surface area contributed by atoms with Crippen molar-refractivity contribution in [2.24, 2.45) is 4.99 Å². The first-order valence-electron chi connectivity index (χ1n) is 7.32. The first-order chi connectivity index (χ1) is 10.3. The van der Waals surface area contributed by atoms with Gasteiger partial charge < -0.3 is 10.6 Å². The van der Waals surface area contributed by atoms with Crippen molar-refractivity contribution in [1.29, 1.82) is 0 Å². The fourth-order valence-electron chi connectivity index (χ4n) is 2.20. The van der Waals surface area contributed by atoms with E-state index in [-0.39, 0.29) is 0 Å². The van der Waals surface area contributed by atoms with Crippen molar-refractivity contribution >= 4 is 5.96 Å². The van der Waals surface area contributed by atoms with Crippen LogP contribution in [0.25, 0.3) is 0 Å². The molecule has 0 aliphatic heterocycles. The number of nitrogens with one attached hydrogen (secondary N) is 2. The van der Waals surface area contributed by atoms with Crippen LogP contribution in [0.3, 0.4) is 0 Å². The van der Waals surface area contributed by atoms with Crippen LogP contribution in [0.1, 0.15) is 16.7 Å². The molecule has 0 bridgehead atoms. The van der Waals surface area contributed by atoms with Gasteiger partial charge in [0, 0.05) is 20.1 Å². The quantitative estimate of drug-likeness (QED) is 0.653. The average molecular weight is 281 g/mol. The molecule has 21 heavy (non-hydrogen) atoms. The van der Waals surface area contributed by atoms with Gasteiger partial charge in [0.25, 0.3) is 0 Å². The smallest absolute Gasteiger partial charge is 0.191 e. The molecule has 0 aromatic heterocycles. The molecule has 0 atom stereocenters. The maximum atomic E-state index is 4.25. The van der Waals surface area contributed by atoms with Crippen molar-refractivity contribution < 1.29 is 0 Å². The van der Waals surface area contributed by atoms with Gasteiger partial charge in [-0.25, -0.2) is 0 Å². The Hall–Kier alpha value is -2.29. The molecule has 2 aromatic carbocycles. The summed E-state index contributed by atoms with van der Waals surface area (Å²) in [5.74, 6) is 0.839. The second-order valence-electron chi connectivity index (χ2n) is 5.08. The summed E-state index contributed by atoms with van der Waals surface area (Å²) in [5, 5.41) is 6.67. The van der Waals surface area contributed by atoms with Gasteiger partial charge in [0.15, 0.2) is 5.96 Å². The second-order valence-corrected chi connectivity index (χ2v) is 5.08. The van der Waals surface area contributed by atoms with E-state index in [4.69, 9.17) is 0 Å². The van der Waals surface area contributed by atoms with Crippen molar-refractivity contribution in [3.05, 3.63) is 71.3 Å². The number of benzene rings is 2. The highest BCUT2D eigenvalue weighted by Crippen LogP contribution is 2.03. The van der Waals surface area contributed by atoms with Crippen LogP contribution in [0.2, 0.25) is 0 Å². The summed E-state index contributed by atoms with van der Waals surface area (Å²) < 4.78 is 0. The Bertz CT molecular complexity index is 576. The van der Waals surface area contributed by atoms with Gasteiger partial charge in [0.05, 0.1) is 0 Å². The van der Waals surface area contributed by atoms with E-state index in [1.165, 1.54) is 16.7 Å². The molecule has 0 saturated carbocycles. The van der Waals surface area contributed by atoms with E-state index in [2.05, 4.69) is 58.9 Å². The van der Waals surface area contributed by atoms with Crippen LogP contribution in [0, 0.1) is 6.92 Å². The molecule has 2 aromatic rings. The largest absolute Gasteiger partial charge is 0.356 e. The lowest BCUT2D eigenvalue weighted by Gasteiger charge is -2.12. The Balaban J connectivity index is 1.75. The Morgan fingerprint density at radius 1 is 0.952 bits per heavy atom. The van der Waals surface area contributed by atoms with Crippen molar-refractivity contribution in [3.63, 3.8) is 0 Å². The van der Waals surface area contributed by atoms with Crippen LogP contribution in [0.15, 0.2) is 59.6 Å². The summed E-state index contributed by atoms with van der Waals surface area (Å²) in [6.07, 6.45) is 0.994. The number of hydrogen-bond donors (Lipinski definition) is 2. The number of hydrogen-bond acceptors (Lipinski definition) is 1. The lowest BCUT2D eigenvalue weighted by molar-refractivity contribution is 0.794. The lowest BCUT2D eigenvalue weighted by atomic mass is 10.1. The van der Waals surface area contributed by atoms with Crippen molar-refractivity contribution in [2.75, 3.05) is 13.6 Å². The number of nitrogens with zero attached hydrogens (tertiary/aromatic N) is 1. The van der Waals surface area contributed by atoms with E-state index in [1.54, 1.807) is 7.05 Å². The van der Waals surface area contributed by atoms with Gasteiger partial charge in [0.2, 0.25) is 0 Å². The van der Waals surface area contributed by atoms with Crippen LogP contribution in [-0.2, 0) is 13.0 Å². The zero-order chi connectivity index (χ0) is 14.9. The molecule has 0 unspecified atom stereocenters. The maximum Gasteiger partial charge on any atom is 0.191 e. The molecule has 0 saturated heterocycles. The molecule has 2 N–H and O–H groups in total. The van der Waals surface area contributed by atoms with Crippen LogP contribution in [0.5, 0.6) is 0 Å². The predicted molar refractivity (Wildman–Crippen MR) is 89.5 cm³/mol. The summed E-state index contributed by atoms with van der Waals surface area (Å²) in [4.78, 5) is 4.25. The summed E-state index contributed by atoms with van der Waals surface area (Å²) in [7, 11) is 1.80. The van der Waals surface area contributed by atoms with Crippen LogP contribution >= 0.6 is 0 Å². The van der Waals surface area contributed by atoms with Crippen molar-refractivity contribution in [2.45, 2.75) is 19.9 Å². The zero-order valence-corrected chi connectivity index (χ0v) is 12.8. The SMILES string of the molecule is CN=C(NCCc1cccc(C)c1)NCc1ccccc1. The third-order valence-electron chi connectivity index (χ3n) is 3.31. The van der Waals surface area contributed by atoms with E-state index in [1.807, 2.05) is 18.2 Å². The first kappa shape index (κ1) is 15.1. The highest BCUT2D eigenvalue weighted by atomic mass is 15.2. The number of aryl methyl sites for hydroxylation is 1. The van der Waals surface area contributed by atoms with Gasteiger partial charge in [-0.1, -0.05) is 60.2 Å². The molecule has 0 aliphatic rings. The molecule has 2 rings (SSSR count). The maximum absolute atomic E-state index is 4.25. The Morgan fingerprint density at radius 3 is 2.43 bits per heavy atom. The number of guanidine groups is 1. The summed E-state index contributed by atoms with van der Waals surface area (Å²) >= 11 is 0. The molecule has 0 radical (unpaired) electrons. The van der Waals surface area contributed by atoms with Gasteiger partial charge in [-0.05, 0) is 24.5 Å². The lowest BCUT2D eigenvalue weighted by Crippen LogP contribution is -2.37. The minimum atomic E-state index is 0.783. The number of rotatable bonds is 5. The minimum absolute atomic E-state index is 0.783. The zero-order valence-electron chi connectivity index (χ0n) is 12.8. The van der Waals surface area contributed by atoms with Crippen molar-refractivity contribution in [1.82, 2.24) is 10.6 Å². The molecule has 0 amide bonds. The van der Waals surface area contributed by atoms with E-state index in [9.17, 15) is 0 Å². The Morgan fingerprint density at radius 2 is 1.71 bits per heavy atom. The summed E-state index contributed by atoms with van der Waals surface area (Å²) in [6.45, 7) is 3.78.